The number of halogens is 1. The van der Waals surface area contributed by atoms with Crippen molar-refractivity contribution in [3.8, 4) is 10.6 Å². The van der Waals surface area contributed by atoms with Gasteiger partial charge in [-0.3, -0.25) is 0 Å². The Kier molecular flexibility index (Phi) is 3.95. The average molecular weight is 273 g/mol. The van der Waals surface area contributed by atoms with E-state index in [0.29, 0.717) is 0 Å². The van der Waals surface area contributed by atoms with Gasteiger partial charge >= 0.3 is 0 Å². The smallest absolute Gasteiger partial charge is 0.201 e. The molecule has 0 amide bonds. The minimum atomic E-state index is 0. The molecule has 1 saturated heterocycles. The SMILES string of the molecule is [Cl-].c1cc(=[N+]2CCCCC2)cc2ssnc1-2. The van der Waals surface area contributed by atoms with Crippen molar-refractivity contribution >= 4 is 20.9 Å². The maximum Gasteiger partial charge on any atom is 0.201 e. The lowest BCUT2D eigenvalue weighted by Crippen LogP contribution is -3.00. The van der Waals surface area contributed by atoms with E-state index in [0.717, 1.165) is 5.69 Å². The van der Waals surface area contributed by atoms with Crippen LogP contribution in [0.15, 0.2) is 18.2 Å². The van der Waals surface area contributed by atoms with Gasteiger partial charge in [-0.25, -0.2) is 4.58 Å². The van der Waals surface area contributed by atoms with Crippen molar-refractivity contribution in [1.82, 2.24) is 8.95 Å². The summed E-state index contributed by atoms with van der Waals surface area (Å²) < 4.78 is 6.84. The topological polar surface area (TPSA) is 15.9 Å². The Bertz CT molecular complexity index is 495. The lowest BCUT2D eigenvalue weighted by atomic mass is 10.1. The normalized spacial score (nSPS) is 16.1. The molecule has 0 N–H and O–H groups in total. The van der Waals surface area contributed by atoms with E-state index in [9.17, 15) is 0 Å². The van der Waals surface area contributed by atoms with Gasteiger partial charge in [0.15, 0.2) is 0 Å². The molecule has 0 atom stereocenters. The van der Waals surface area contributed by atoms with Crippen LogP contribution in [0.5, 0.6) is 0 Å². The van der Waals surface area contributed by atoms with Crippen LogP contribution in [0.1, 0.15) is 19.3 Å². The summed E-state index contributed by atoms with van der Waals surface area (Å²) >= 11 is 0. The van der Waals surface area contributed by atoms with Gasteiger partial charge in [-0.05, 0) is 12.5 Å². The van der Waals surface area contributed by atoms with Crippen LogP contribution in [0.4, 0.5) is 0 Å². The first kappa shape index (κ1) is 12.0. The van der Waals surface area contributed by atoms with Crippen molar-refractivity contribution in [2.75, 3.05) is 13.1 Å². The van der Waals surface area contributed by atoms with Gasteiger partial charge in [-0.2, -0.15) is 4.37 Å². The number of fused-ring (bicyclic) bond motifs is 1. The third kappa shape index (κ3) is 2.29. The highest BCUT2D eigenvalue weighted by atomic mass is 35.5. The molecule has 0 saturated carbocycles. The van der Waals surface area contributed by atoms with Crippen LogP contribution in [0.2, 0.25) is 0 Å². The van der Waals surface area contributed by atoms with Crippen molar-refractivity contribution < 1.29 is 12.4 Å². The first-order valence-corrected chi connectivity index (χ1v) is 7.48. The zero-order valence-electron chi connectivity index (χ0n) is 8.86. The molecule has 3 rings (SSSR count). The summed E-state index contributed by atoms with van der Waals surface area (Å²) in [6, 6.07) is 6.64. The van der Waals surface area contributed by atoms with Gasteiger partial charge in [0, 0.05) is 35.5 Å². The summed E-state index contributed by atoms with van der Waals surface area (Å²) in [6.07, 6.45) is 4.06. The number of hydrogen-bond donors (Lipinski definition) is 0. The molecule has 3 aliphatic rings. The number of aromatic nitrogens is 1. The van der Waals surface area contributed by atoms with Crippen molar-refractivity contribution in [2.24, 2.45) is 0 Å². The first-order valence-electron chi connectivity index (χ1n) is 5.37. The molecule has 2 aliphatic heterocycles. The summed E-state index contributed by atoms with van der Waals surface area (Å²) in [5.74, 6) is 0. The average Bonchev–Trinajstić information content (AvgIpc) is 2.77. The molecule has 0 spiro atoms. The summed E-state index contributed by atoms with van der Waals surface area (Å²) in [6.45, 7) is 2.43. The van der Waals surface area contributed by atoms with Gasteiger partial charge in [0.1, 0.15) is 13.1 Å². The standard InChI is InChI=1S/C11H13N2S2.ClH/c1-2-6-13(7-3-1)9-4-5-10-11(8-9)14-15-12-10;/h4-5,8H,1-3,6-7H2;1H/q+1;/p-1. The van der Waals surface area contributed by atoms with Crippen molar-refractivity contribution in [1.29, 1.82) is 0 Å². The molecule has 2 heterocycles. The fraction of sp³-hybridized carbons (Fsp3) is 0.455. The number of hydrogen-bond acceptors (Lipinski definition) is 3. The van der Waals surface area contributed by atoms with Crippen molar-refractivity contribution in [3.05, 3.63) is 23.6 Å². The highest BCUT2D eigenvalue weighted by Crippen LogP contribution is 2.25. The molecule has 0 radical (unpaired) electrons. The maximum atomic E-state index is 4.35. The van der Waals surface area contributed by atoms with Crippen LogP contribution >= 0.6 is 20.9 Å². The fourth-order valence-electron chi connectivity index (χ4n) is 2.09. The van der Waals surface area contributed by atoms with E-state index in [2.05, 4.69) is 27.1 Å². The minimum absolute atomic E-state index is 0. The first-order chi connectivity index (χ1) is 7.43. The van der Waals surface area contributed by atoms with E-state index < -0.39 is 0 Å². The van der Waals surface area contributed by atoms with Gasteiger partial charge in [-0.15, -0.1) is 0 Å². The summed E-state index contributed by atoms with van der Waals surface area (Å²) in [5, 5.41) is 1.37. The lowest BCUT2D eigenvalue weighted by Gasteiger charge is -2.09. The lowest BCUT2D eigenvalue weighted by molar-refractivity contribution is -0.00000295. The largest absolute Gasteiger partial charge is 1.00 e. The molecule has 2 nitrogen and oxygen atoms in total. The van der Waals surface area contributed by atoms with Crippen molar-refractivity contribution in [2.45, 2.75) is 19.3 Å². The minimum Gasteiger partial charge on any atom is -1.00 e. The second-order valence-corrected chi connectivity index (χ2v) is 5.83. The Morgan fingerprint density at radius 1 is 1.12 bits per heavy atom. The van der Waals surface area contributed by atoms with Gasteiger partial charge in [0.2, 0.25) is 5.36 Å². The van der Waals surface area contributed by atoms with Crippen LogP contribution in [-0.4, -0.2) is 17.5 Å². The molecule has 0 unspecified atom stereocenters. The van der Waals surface area contributed by atoms with Gasteiger partial charge < -0.3 is 12.4 Å². The predicted molar refractivity (Wildman–Crippen MR) is 65.5 cm³/mol. The number of nitrogens with zero attached hydrogens (tertiary/aromatic N) is 2. The fourth-order valence-corrected chi connectivity index (χ4v) is 3.87. The number of benzene rings is 1. The molecular formula is C11H13ClN2S2. The summed E-state index contributed by atoms with van der Waals surface area (Å²) in [4.78, 5) is 1.32. The van der Waals surface area contributed by atoms with E-state index in [-0.39, 0.29) is 12.4 Å². The second kappa shape index (κ2) is 5.25. The molecule has 0 aromatic carbocycles. The van der Waals surface area contributed by atoms with Gasteiger partial charge in [0.25, 0.3) is 0 Å². The van der Waals surface area contributed by atoms with E-state index in [1.807, 2.05) is 0 Å². The Hall–Kier alpha value is -0.450. The van der Waals surface area contributed by atoms with E-state index in [1.54, 1.807) is 20.9 Å². The van der Waals surface area contributed by atoms with Gasteiger partial charge in [0.05, 0.1) is 10.6 Å². The summed E-state index contributed by atoms with van der Waals surface area (Å²) in [5.41, 5.74) is 1.14. The molecule has 5 heteroatoms. The zero-order valence-corrected chi connectivity index (χ0v) is 11.2. The zero-order chi connectivity index (χ0) is 10.1. The van der Waals surface area contributed by atoms with Crippen LogP contribution in [0.3, 0.4) is 0 Å². The molecular weight excluding hydrogens is 260 g/mol. The molecule has 1 aliphatic carbocycles. The van der Waals surface area contributed by atoms with E-state index in [1.165, 1.54) is 42.6 Å². The molecule has 86 valence electrons. The second-order valence-electron chi connectivity index (χ2n) is 3.95. The van der Waals surface area contributed by atoms with Crippen LogP contribution in [0.25, 0.3) is 10.6 Å². The Morgan fingerprint density at radius 3 is 2.75 bits per heavy atom. The van der Waals surface area contributed by atoms with Crippen LogP contribution in [-0.2, 0) is 0 Å². The summed E-state index contributed by atoms with van der Waals surface area (Å²) in [7, 11) is 3.35. The monoisotopic (exact) mass is 272 g/mol. The molecule has 1 fully saturated rings. The Morgan fingerprint density at radius 2 is 1.94 bits per heavy atom. The van der Waals surface area contributed by atoms with Gasteiger partial charge in [-0.1, -0.05) is 10.3 Å². The van der Waals surface area contributed by atoms with E-state index >= 15 is 0 Å². The third-order valence-corrected chi connectivity index (χ3v) is 4.77. The van der Waals surface area contributed by atoms with Crippen molar-refractivity contribution in [3.63, 3.8) is 0 Å². The Balaban J connectivity index is 0.000000963. The maximum absolute atomic E-state index is 4.35. The predicted octanol–water partition coefficient (Wildman–Crippen LogP) is -0.730. The Labute approximate surface area is 109 Å². The van der Waals surface area contributed by atoms with E-state index in [4.69, 9.17) is 0 Å². The molecule has 16 heavy (non-hydrogen) atoms. The quantitative estimate of drug-likeness (QED) is 0.456. The molecule has 0 aromatic rings. The van der Waals surface area contributed by atoms with Crippen LogP contribution < -0.4 is 22.3 Å². The number of rotatable bonds is 0. The van der Waals surface area contributed by atoms with Crippen LogP contribution in [0, 0.1) is 0 Å². The molecule has 0 aromatic heterocycles. The third-order valence-electron chi connectivity index (χ3n) is 2.93. The number of piperidine rings is 1. The highest BCUT2D eigenvalue weighted by Gasteiger charge is 2.13. The highest BCUT2D eigenvalue weighted by molar-refractivity contribution is 7.68. The molecule has 0 bridgehead atoms.